The Kier molecular flexibility index (Phi) is 5.26. The van der Waals surface area contributed by atoms with E-state index in [0.717, 1.165) is 0 Å². The van der Waals surface area contributed by atoms with Crippen LogP contribution in [0.2, 0.25) is 0 Å². The third kappa shape index (κ3) is 4.03. The molecule has 0 unspecified atom stereocenters. The molecule has 1 saturated heterocycles. The van der Waals surface area contributed by atoms with E-state index in [1.807, 2.05) is 0 Å². The first-order valence-corrected chi connectivity index (χ1v) is 13.4. The summed E-state index contributed by atoms with van der Waals surface area (Å²) in [5.74, 6) is -0.998. The monoisotopic (exact) mass is 486 g/mol. The van der Waals surface area contributed by atoms with Crippen LogP contribution in [-0.4, -0.2) is 60.7 Å². The molecule has 0 spiro atoms. The Labute approximate surface area is 190 Å². The van der Waals surface area contributed by atoms with Crippen molar-refractivity contribution in [1.82, 2.24) is 19.3 Å². The summed E-state index contributed by atoms with van der Waals surface area (Å²) in [6.45, 7) is -0.209. The molecule has 8 nitrogen and oxygen atoms in total. The number of aromatic amines is 1. The standard InChI is InChI=1S/C22H19FN4O4S2/c23-18-13-15(5-6-17(18)20-14-25-22-19(26-20)7-8-24-22)16-3-1-2-4-21(16)33(30,31)27-9-11-32(28,29)12-10-27/h1-8,13-14H,9-12H2,(H,24,25). The molecule has 0 atom stereocenters. The van der Waals surface area contributed by atoms with Crippen LogP contribution in [0.1, 0.15) is 0 Å². The number of rotatable bonds is 4. The largest absolute Gasteiger partial charge is 0.345 e. The van der Waals surface area contributed by atoms with Gasteiger partial charge in [0.05, 0.1) is 28.3 Å². The molecule has 4 aromatic rings. The van der Waals surface area contributed by atoms with E-state index >= 15 is 4.39 Å². The van der Waals surface area contributed by atoms with Gasteiger partial charge >= 0.3 is 0 Å². The van der Waals surface area contributed by atoms with Gasteiger partial charge < -0.3 is 4.98 Å². The quantitative estimate of drug-likeness (QED) is 0.475. The minimum absolute atomic E-state index is 0.00461. The number of fused-ring (bicyclic) bond motifs is 1. The van der Waals surface area contributed by atoms with Gasteiger partial charge in [-0.15, -0.1) is 0 Å². The second-order valence-electron chi connectivity index (χ2n) is 7.71. The van der Waals surface area contributed by atoms with E-state index in [4.69, 9.17) is 0 Å². The Morgan fingerprint density at radius 3 is 2.52 bits per heavy atom. The molecule has 1 aliphatic rings. The summed E-state index contributed by atoms with van der Waals surface area (Å²) in [4.78, 5) is 11.6. The second kappa shape index (κ2) is 8.01. The molecule has 0 bridgehead atoms. The Balaban J connectivity index is 1.52. The molecule has 1 N–H and O–H groups in total. The topological polar surface area (TPSA) is 113 Å². The molecule has 0 saturated carbocycles. The van der Waals surface area contributed by atoms with Gasteiger partial charge in [-0.1, -0.05) is 24.3 Å². The van der Waals surface area contributed by atoms with Crippen LogP contribution < -0.4 is 0 Å². The predicted octanol–water partition coefficient (Wildman–Crippen LogP) is 2.85. The number of H-pyrrole nitrogens is 1. The second-order valence-corrected chi connectivity index (χ2v) is 11.9. The summed E-state index contributed by atoms with van der Waals surface area (Å²) in [5, 5.41) is 0. The molecule has 170 valence electrons. The summed E-state index contributed by atoms with van der Waals surface area (Å²) < 4.78 is 66.3. The van der Waals surface area contributed by atoms with Gasteiger partial charge in [-0.2, -0.15) is 4.31 Å². The first kappa shape index (κ1) is 21.7. The maximum absolute atomic E-state index is 15.1. The fourth-order valence-electron chi connectivity index (χ4n) is 3.86. The minimum atomic E-state index is -3.96. The van der Waals surface area contributed by atoms with E-state index in [1.54, 1.807) is 42.6 Å². The van der Waals surface area contributed by atoms with Crippen LogP contribution in [0.4, 0.5) is 4.39 Å². The van der Waals surface area contributed by atoms with Crippen LogP contribution >= 0.6 is 0 Å². The van der Waals surface area contributed by atoms with Crippen molar-refractivity contribution < 1.29 is 21.2 Å². The van der Waals surface area contributed by atoms with Gasteiger partial charge in [-0.3, -0.25) is 0 Å². The molecule has 0 amide bonds. The Hall–Kier alpha value is -3.15. The van der Waals surface area contributed by atoms with Gasteiger partial charge in [0.2, 0.25) is 10.0 Å². The van der Waals surface area contributed by atoms with Crippen LogP contribution in [0, 0.1) is 5.82 Å². The molecular weight excluding hydrogens is 467 g/mol. The lowest BCUT2D eigenvalue weighted by atomic mass is 10.0. The Bertz CT molecular complexity index is 1570. The number of aromatic nitrogens is 3. The molecule has 1 fully saturated rings. The van der Waals surface area contributed by atoms with Crippen molar-refractivity contribution in [2.75, 3.05) is 24.6 Å². The van der Waals surface area contributed by atoms with Gasteiger partial charge in [0.1, 0.15) is 11.3 Å². The van der Waals surface area contributed by atoms with Crippen LogP contribution in [0.15, 0.2) is 65.8 Å². The zero-order valence-electron chi connectivity index (χ0n) is 17.3. The fraction of sp³-hybridized carbons (Fsp3) is 0.182. The Morgan fingerprint density at radius 1 is 1.00 bits per heavy atom. The number of nitrogens with zero attached hydrogens (tertiary/aromatic N) is 3. The number of hydrogen-bond donors (Lipinski definition) is 1. The van der Waals surface area contributed by atoms with Crippen molar-refractivity contribution in [1.29, 1.82) is 0 Å². The first-order valence-electron chi connectivity index (χ1n) is 10.1. The Morgan fingerprint density at radius 2 is 1.76 bits per heavy atom. The number of nitrogens with one attached hydrogen (secondary N) is 1. The molecule has 2 aromatic heterocycles. The highest BCUT2D eigenvalue weighted by molar-refractivity contribution is 7.92. The zero-order chi connectivity index (χ0) is 23.2. The lowest BCUT2D eigenvalue weighted by Crippen LogP contribution is -2.43. The van der Waals surface area contributed by atoms with Crippen molar-refractivity contribution in [3.8, 4) is 22.4 Å². The van der Waals surface area contributed by atoms with Crippen molar-refractivity contribution in [2.45, 2.75) is 4.90 Å². The number of benzene rings is 2. The molecule has 0 aliphatic carbocycles. The molecule has 33 heavy (non-hydrogen) atoms. The fourth-order valence-corrected chi connectivity index (χ4v) is 6.94. The molecular formula is C22H19FN4O4S2. The third-order valence-corrected chi connectivity index (χ3v) is 9.19. The maximum Gasteiger partial charge on any atom is 0.243 e. The first-order chi connectivity index (χ1) is 15.7. The third-order valence-electron chi connectivity index (χ3n) is 5.63. The van der Waals surface area contributed by atoms with Crippen LogP contribution in [0.3, 0.4) is 0 Å². The number of sulfone groups is 1. The van der Waals surface area contributed by atoms with Crippen molar-refractivity contribution in [3.05, 3.63) is 66.7 Å². The molecule has 5 rings (SSSR count). The minimum Gasteiger partial charge on any atom is -0.345 e. The molecule has 1 aliphatic heterocycles. The smallest absolute Gasteiger partial charge is 0.243 e. The molecule has 11 heteroatoms. The summed E-state index contributed by atoms with van der Waals surface area (Å²) in [6.07, 6.45) is 3.17. The average molecular weight is 487 g/mol. The highest BCUT2D eigenvalue weighted by Crippen LogP contribution is 2.33. The van der Waals surface area contributed by atoms with Gasteiger partial charge in [0.15, 0.2) is 15.5 Å². The van der Waals surface area contributed by atoms with Crippen LogP contribution in [0.5, 0.6) is 0 Å². The van der Waals surface area contributed by atoms with Crippen molar-refractivity contribution in [2.24, 2.45) is 0 Å². The van der Waals surface area contributed by atoms with E-state index in [1.165, 1.54) is 22.6 Å². The van der Waals surface area contributed by atoms with Gasteiger partial charge in [0, 0.05) is 30.4 Å². The highest BCUT2D eigenvalue weighted by atomic mass is 32.2. The normalized spacial score (nSPS) is 16.8. The lowest BCUT2D eigenvalue weighted by Gasteiger charge is -2.27. The number of halogens is 1. The summed E-state index contributed by atoms with van der Waals surface area (Å²) in [6, 6.07) is 12.5. The van der Waals surface area contributed by atoms with E-state index in [2.05, 4.69) is 15.0 Å². The van der Waals surface area contributed by atoms with E-state index in [0.29, 0.717) is 28.0 Å². The number of sulfonamides is 1. The van der Waals surface area contributed by atoms with Gasteiger partial charge in [-0.25, -0.2) is 31.2 Å². The van der Waals surface area contributed by atoms with Crippen LogP contribution in [0.25, 0.3) is 33.5 Å². The van der Waals surface area contributed by atoms with Crippen LogP contribution in [-0.2, 0) is 19.9 Å². The maximum atomic E-state index is 15.1. The van der Waals surface area contributed by atoms with Crippen molar-refractivity contribution >= 4 is 31.0 Å². The van der Waals surface area contributed by atoms with E-state index in [9.17, 15) is 16.8 Å². The average Bonchev–Trinajstić information content (AvgIpc) is 3.27. The SMILES string of the molecule is O=S1(=O)CCN(S(=O)(=O)c2ccccc2-c2ccc(-c3cnc4[nH]ccc4n3)c(F)c2)CC1. The van der Waals surface area contributed by atoms with E-state index in [-0.39, 0.29) is 35.1 Å². The lowest BCUT2D eigenvalue weighted by molar-refractivity contribution is 0.431. The summed E-state index contributed by atoms with van der Waals surface area (Å²) >= 11 is 0. The highest BCUT2D eigenvalue weighted by Gasteiger charge is 2.32. The predicted molar refractivity (Wildman–Crippen MR) is 122 cm³/mol. The van der Waals surface area contributed by atoms with Gasteiger partial charge in [-0.05, 0) is 29.8 Å². The van der Waals surface area contributed by atoms with Crippen molar-refractivity contribution in [3.63, 3.8) is 0 Å². The number of hydrogen-bond acceptors (Lipinski definition) is 6. The molecule has 2 aromatic carbocycles. The molecule has 0 radical (unpaired) electrons. The summed E-state index contributed by atoms with van der Waals surface area (Å²) in [5.41, 5.74) is 2.54. The zero-order valence-corrected chi connectivity index (χ0v) is 18.9. The molecule has 3 heterocycles. The summed E-state index contributed by atoms with van der Waals surface area (Å²) in [7, 11) is -7.20. The van der Waals surface area contributed by atoms with E-state index < -0.39 is 25.7 Å². The van der Waals surface area contributed by atoms with Gasteiger partial charge in [0.25, 0.3) is 0 Å².